The molecule has 2 aromatic rings. The van der Waals surface area contributed by atoms with Crippen molar-refractivity contribution in [3.8, 4) is 0 Å². The molecule has 22 heavy (non-hydrogen) atoms. The molecule has 0 aromatic carbocycles. The summed E-state index contributed by atoms with van der Waals surface area (Å²) in [6.07, 6.45) is 1.43. The van der Waals surface area contributed by atoms with Gasteiger partial charge in [-0.15, -0.1) is 0 Å². The van der Waals surface area contributed by atoms with Gasteiger partial charge in [-0.1, -0.05) is 0 Å². The van der Waals surface area contributed by atoms with Crippen molar-refractivity contribution in [2.24, 2.45) is 7.05 Å². The molecular weight excluding hydrogens is 300 g/mol. The van der Waals surface area contributed by atoms with Crippen LogP contribution in [0.15, 0.2) is 23.2 Å². The summed E-state index contributed by atoms with van der Waals surface area (Å²) >= 11 is 1.72. The molecule has 0 radical (unpaired) electrons. The molecule has 8 heteroatoms. The smallest absolute Gasteiger partial charge is 0.322 e. The van der Waals surface area contributed by atoms with Crippen LogP contribution in [0.25, 0.3) is 0 Å². The summed E-state index contributed by atoms with van der Waals surface area (Å²) in [6, 6.07) is 2.46. The fraction of sp³-hybridized carbons (Fsp3) is 0.500. The Hall–Kier alpha value is -1.93. The molecule has 1 N–H and O–H groups in total. The highest BCUT2D eigenvalue weighted by Gasteiger charge is 2.25. The highest BCUT2D eigenvalue weighted by molar-refractivity contribution is 7.07. The first kappa shape index (κ1) is 15.0. The lowest BCUT2D eigenvalue weighted by atomic mass is 10.1. The summed E-state index contributed by atoms with van der Waals surface area (Å²) in [7, 11) is 1.75. The van der Waals surface area contributed by atoms with Crippen LogP contribution in [0.1, 0.15) is 18.5 Å². The third-order valence-corrected chi connectivity index (χ3v) is 4.81. The van der Waals surface area contributed by atoms with Crippen LogP contribution in [0.4, 0.5) is 10.7 Å². The summed E-state index contributed by atoms with van der Waals surface area (Å²) in [5.74, 6) is 0.471. The molecule has 1 aliphatic heterocycles. The monoisotopic (exact) mass is 320 g/mol. The lowest BCUT2D eigenvalue weighted by molar-refractivity contribution is 0.119. The third kappa shape index (κ3) is 3.12. The minimum atomic E-state index is -0.112. The van der Waals surface area contributed by atoms with Crippen molar-refractivity contribution >= 4 is 23.3 Å². The molecule has 1 fully saturated rings. The van der Waals surface area contributed by atoms with Gasteiger partial charge in [0.15, 0.2) is 0 Å². The number of anilines is 1. The van der Waals surface area contributed by atoms with Gasteiger partial charge in [-0.05, 0) is 29.3 Å². The van der Waals surface area contributed by atoms with Gasteiger partial charge in [-0.25, -0.2) is 9.48 Å². The van der Waals surface area contributed by atoms with Crippen molar-refractivity contribution in [3.63, 3.8) is 0 Å². The van der Waals surface area contributed by atoms with E-state index >= 15 is 0 Å². The number of hydrogen-bond donors (Lipinski definition) is 1. The Bertz CT molecular complexity index is 617. The first-order valence-corrected chi connectivity index (χ1v) is 8.25. The number of carbonyl (C=O) groups excluding carboxylic acids is 1. The van der Waals surface area contributed by atoms with E-state index in [2.05, 4.69) is 44.0 Å². The molecule has 0 spiro atoms. The number of hydrogen-bond acceptors (Lipinski definition) is 5. The number of nitrogens with zero attached hydrogens (tertiary/aromatic N) is 5. The number of urea groups is 1. The molecule has 1 atom stereocenters. The van der Waals surface area contributed by atoms with Crippen molar-refractivity contribution in [1.82, 2.24) is 24.6 Å². The molecule has 3 heterocycles. The highest BCUT2D eigenvalue weighted by Crippen LogP contribution is 2.23. The van der Waals surface area contributed by atoms with Gasteiger partial charge in [-0.2, -0.15) is 21.4 Å². The highest BCUT2D eigenvalue weighted by atomic mass is 32.1. The van der Waals surface area contributed by atoms with Crippen LogP contribution in [0.2, 0.25) is 0 Å². The summed E-state index contributed by atoms with van der Waals surface area (Å²) in [6.45, 7) is 5.42. The molecule has 1 aliphatic rings. The largest absolute Gasteiger partial charge is 0.324 e. The summed E-state index contributed by atoms with van der Waals surface area (Å²) < 4.78 is 1.55. The predicted molar refractivity (Wildman–Crippen MR) is 85.9 cm³/mol. The van der Waals surface area contributed by atoms with Gasteiger partial charge in [0.05, 0.1) is 0 Å². The lowest BCUT2D eigenvalue weighted by Gasteiger charge is -2.37. The van der Waals surface area contributed by atoms with Gasteiger partial charge >= 0.3 is 6.03 Å². The molecule has 0 aliphatic carbocycles. The number of rotatable bonds is 3. The number of aryl methyl sites for hydroxylation is 1. The molecule has 1 saturated heterocycles. The first-order valence-electron chi connectivity index (χ1n) is 7.31. The maximum atomic E-state index is 12.2. The third-order valence-electron chi connectivity index (χ3n) is 4.10. The van der Waals surface area contributed by atoms with E-state index < -0.39 is 0 Å². The van der Waals surface area contributed by atoms with E-state index in [-0.39, 0.29) is 6.03 Å². The molecule has 2 aromatic heterocycles. The quantitative estimate of drug-likeness (QED) is 0.936. The predicted octanol–water partition coefficient (Wildman–Crippen LogP) is 1.79. The fourth-order valence-corrected chi connectivity index (χ4v) is 3.37. The minimum Gasteiger partial charge on any atom is -0.322 e. The Kier molecular flexibility index (Phi) is 4.39. The fourth-order valence-electron chi connectivity index (χ4n) is 2.62. The Balaban J connectivity index is 1.53. The van der Waals surface area contributed by atoms with Crippen molar-refractivity contribution in [2.75, 3.05) is 31.5 Å². The summed E-state index contributed by atoms with van der Waals surface area (Å²) in [5, 5.41) is 11.0. The first-order chi connectivity index (χ1) is 10.6. The average molecular weight is 320 g/mol. The minimum absolute atomic E-state index is 0.112. The molecule has 7 nitrogen and oxygen atoms in total. The van der Waals surface area contributed by atoms with Crippen LogP contribution in [0.5, 0.6) is 0 Å². The van der Waals surface area contributed by atoms with E-state index in [1.54, 1.807) is 23.1 Å². The van der Waals surface area contributed by atoms with E-state index in [1.165, 1.54) is 11.9 Å². The molecule has 0 bridgehead atoms. The average Bonchev–Trinajstić information content (AvgIpc) is 3.19. The van der Waals surface area contributed by atoms with Gasteiger partial charge < -0.3 is 4.90 Å². The van der Waals surface area contributed by atoms with Crippen molar-refractivity contribution in [1.29, 1.82) is 0 Å². The van der Waals surface area contributed by atoms with E-state index in [0.29, 0.717) is 12.0 Å². The van der Waals surface area contributed by atoms with Gasteiger partial charge in [0.2, 0.25) is 5.95 Å². The standard InChI is InChI=1S/C14H20N6OS/c1-11(12-3-8-22-9-12)19-4-6-20(7-5-19)14(21)17-13-15-10-16-18(13)2/h3,8-11H,4-7H2,1-2H3,(H,15,16,17,21). The van der Waals surface area contributed by atoms with Crippen molar-refractivity contribution in [3.05, 3.63) is 28.7 Å². The lowest BCUT2D eigenvalue weighted by Crippen LogP contribution is -2.50. The normalized spacial score (nSPS) is 17.5. The van der Waals surface area contributed by atoms with Gasteiger partial charge in [0.1, 0.15) is 6.33 Å². The van der Waals surface area contributed by atoms with E-state index in [9.17, 15) is 4.79 Å². The van der Waals surface area contributed by atoms with Crippen LogP contribution >= 0.6 is 11.3 Å². The second kappa shape index (κ2) is 6.45. The topological polar surface area (TPSA) is 66.3 Å². The summed E-state index contributed by atoms with van der Waals surface area (Å²) in [5.41, 5.74) is 1.35. The molecule has 0 saturated carbocycles. The number of nitrogens with one attached hydrogen (secondary N) is 1. The number of carbonyl (C=O) groups is 1. The second-order valence-electron chi connectivity index (χ2n) is 5.39. The van der Waals surface area contributed by atoms with E-state index in [1.807, 2.05) is 4.90 Å². The SMILES string of the molecule is CC(c1ccsc1)N1CCN(C(=O)Nc2ncnn2C)CC1. The molecule has 3 rings (SSSR count). The maximum absolute atomic E-state index is 12.2. The molecule has 1 unspecified atom stereocenters. The van der Waals surface area contributed by atoms with Crippen LogP contribution in [-0.2, 0) is 7.05 Å². The molecule has 118 valence electrons. The van der Waals surface area contributed by atoms with Gasteiger partial charge in [0, 0.05) is 39.3 Å². The number of amides is 2. The number of aromatic nitrogens is 3. The molecular formula is C14H20N6OS. The second-order valence-corrected chi connectivity index (χ2v) is 6.17. The van der Waals surface area contributed by atoms with E-state index in [0.717, 1.165) is 26.2 Å². The summed E-state index contributed by atoms with van der Waals surface area (Å²) in [4.78, 5) is 20.5. The van der Waals surface area contributed by atoms with Gasteiger partial charge in [-0.3, -0.25) is 10.2 Å². The maximum Gasteiger partial charge on any atom is 0.324 e. The zero-order valence-corrected chi connectivity index (χ0v) is 13.6. The number of piperazine rings is 1. The van der Waals surface area contributed by atoms with Crippen LogP contribution in [0, 0.1) is 0 Å². The van der Waals surface area contributed by atoms with Crippen LogP contribution < -0.4 is 5.32 Å². The number of thiophene rings is 1. The zero-order chi connectivity index (χ0) is 15.5. The zero-order valence-electron chi connectivity index (χ0n) is 12.8. The van der Waals surface area contributed by atoms with Crippen molar-refractivity contribution < 1.29 is 4.79 Å². The van der Waals surface area contributed by atoms with E-state index in [4.69, 9.17) is 0 Å². The Morgan fingerprint density at radius 2 is 2.14 bits per heavy atom. The Labute approximate surface area is 133 Å². The van der Waals surface area contributed by atoms with Crippen LogP contribution in [0.3, 0.4) is 0 Å². The Morgan fingerprint density at radius 1 is 1.36 bits per heavy atom. The van der Waals surface area contributed by atoms with Crippen molar-refractivity contribution in [2.45, 2.75) is 13.0 Å². The molecule has 2 amide bonds. The van der Waals surface area contributed by atoms with Crippen LogP contribution in [-0.4, -0.2) is 56.8 Å². The van der Waals surface area contributed by atoms with Gasteiger partial charge in [0.25, 0.3) is 0 Å². The Morgan fingerprint density at radius 3 is 2.73 bits per heavy atom.